The smallest absolute Gasteiger partial charge is 0.261 e. The number of halogens is 1. The Morgan fingerprint density at radius 3 is 2.44 bits per heavy atom. The van der Waals surface area contributed by atoms with Crippen molar-refractivity contribution in [2.75, 3.05) is 35.8 Å². The third-order valence-corrected chi connectivity index (χ3v) is 7.94. The molecule has 0 aliphatic carbocycles. The van der Waals surface area contributed by atoms with E-state index in [1.807, 2.05) is 12.1 Å². The van der Waals surface area contributed by atoms with E-state index in [0.29, 0.717) is 26.2 Å². The molecule has 1 aliphatic rings. The minimum Gasteiger partial charge on any atom is -0.344 e. The van der Waals surface area contributed by atoms with Gasteiger partial charge < -0.3 is 9.80 Å². The number of hydrogen-bond donors (Lipinski definition) is 1. The first kappa shape index (κ1) is 22.2. The van der Waals surface area contributed by atoms with Crippen molar-refractivity contribution in [2.45, 2.75) is 4.90 Å². The highest BCUT2D eigenvalue weighted by Crippen LogP contribution is 2.28. The fraction of sp³-hybridized carbons (Fsp3) is 0.174. The Balaban J connectivity index is 1.30. The van der Waals surface area contributed by atoms with Gasteiger partial charge in [0.2, 0.25) is 0 Å². The Labute approximate surface area is 199 Å². The summed E-state index contributed by atoms with van der Waals surface area (Å²) in [7, 11) is -3.98. The van der Waals surface area contributed by atoms with Crippen LogP contribution in [0.4, 0.5) is 15.2 Å². The van der Waals surface area contributed by atoms with Crippen molar-refractivity contribution in [3.05, 3.63) is 78.2 Å². The molecule has 174 valence electrons. The molecule has 3 heterocycles. The van der Waals surface area contributed by atoms with Gasteiger partial charge in [0.05, 0.1) is 16.1 Å². The van der Waals surface area contributed by atoms with E-state index in [0.717, 1.165) is 27.6 Å². The molecular weight excluding hydrogens is 477 g/mol. The molecule has 2 aromatic carbocycles. The maximum absolute atomic E-state index is 13.3. The first-order valence-corrected chi connectivity index (χ1v) is 12.8. The summed E-state index contributed by atoms with van der Waals surface area (Å²) in [6.07, 6.45) is 1.74. The van der Waals surface area contributed by atoms with E-state index in [4.69, 9.17) is 0 Å². The van der Waals surface area contributed by atoms with E-state index in [9.17, 15) is 17.6 Å². The number of carbonyl (C=O) groups excluding carboxylic acids is 1. The van der Waals surface area contributed by atoms with Gasteiger partial charge in [-0.15, -0.1) is 0 Å². The molecule has 8 nitrogen and oxygen atoms in total. The van der Waals surface area contributed by atoms with Gasteiger partial charge in [-0.2, -0.15) is 0 Å². The molecule has 1 N–H and O–H groups in total. The van der Waals surface area contributed by atoms with E-state index in [-0.39, 0.29) is 22.1 Å². The lowest BCUT2D eigenvalue weighted by molar-refractivity contribution is 0.0748. The van der Waals surface area contributed by atoms with Crippen LogP contribution in [0.5, 0.6) is 0 Å². The molecular formula is C23H20FN5O3S2. The monoisotopic (exact) mass is 497 g/mol. The lowest BCUT2D eigenvalue weighted by Crippen LogP contribution is -2.48. The summed E-state index contributed by atoms with van der Waals surface area (Å²) in [6.45, 7) is 2.16. The predicted octanol–water partition coefficient (Wildman–Crippen LogP) is 3.59. The number of aromatic nitrogens is 2. The largest absolute Gasteiger partial charge is 0.344 e. The average molecular weight is 498 g/mol. The van der Waals surface area contributed by atoms with Crippen LogP contribution in [-0.2, 0) is 10.0 Å². The molecule has 0 spiro atoms. The Bertz CT molecular complexity index is 1420. The quantitative estimate of drug-likeness (QED) is 0.453. The van der Waals surface area contributed by atoms with Crippen LogP contribution < -0.4 is 9.62 Å². The van der Waals surface area contributed by atoms with Gasteiger partial charge in [-0.25, -0.2) is 22.8 Å². The number of piperazine rings is 1. The fourth-order valence-electron chi connectivity index (χ4n) is 3.74. The lowest BCUT2D eigenvalue weighted by atomic mass is 10.1. The third-order valence-electron chi connectivity index (χ3n) is 5.52. The molecule has 0 saturated carbocycles. The first-order chi connectivity index (χ1) is 16.4. The summed E-state index contributed by atoms with van der Waals surface area (Å²) < 4.78 is 41.2. The molecule has 0 bridgehead atoms. The minimum absolute atomic E-state index is 0.0879. The van der Waals surface area contributed by atoms with Gasteiger partial charge in [0.1, 0.15) is 16.2 Å². The number of para-hydroxylation sites is 1. The van der Waals surface area contributed by atoms with Gasteiger partial charge in [0, 0.05) is 32.4 Å². The second-order valence-electron chi connectivity index (χ2n) is 7.71. The van der Waals surface area contributed by atoms with Crippen molar-refractivity contribution >= 4 is 48.4 Å². The number of rotatable bonds is 5. The number of amides is 1. The van der Waals surface area contributed by atoms with Gasteiger partial charge in [0.25, 0.3) is 15.9 Å². The van der Waals surface area contributed by atoms with Crippen LogP contribution in [0.1, 0.15) is 10.4 Å². The second kappa shape index (κ2) is 8.99. The number of thiazole rings is 1. The zero-order valence-corrected chi connectivity index (χ0v) is 19.5. The van der Waals surface area contributed by atoms with Crippen molar-refractivity contribution in [2.24, 2.45) is 0 Å². The Kier molecular flexibility index (Phi) is 5.88. The Morgan fingerprint density at radius 2 is 1.71 bits per heavy atom. The molecule has 34 heavy (non-hydrogen) atoms. The van der Waals surface area contributed by atoms with Crippen molar-refractivity contribution in [1.82, 2.24) is 14.9 Å². The number of fused-ring (bicyclic) bond motifs is 1. The molecule has 0 atom stereocenters. The number of hydrogen-bond acceptors (Lipinski definition) is 7. The molecule has 1 aliphatic heterocycles. The summed E-state index contributed by atoms with van der Waals surface area (Å²) in [4.78, 5) is 26.8. The van der Waals surface area contributed by atoms with Crippen LogP contribution in [-0.4, -0.2) is 55.4 Å². The van der Waals surface area contributed by atoms with Crippen molar-refractivity contribution in [1.29, 1.82) is 0 Å². The van der Waals surface area contributed by atoms with E-state index in [1.54, 1.807) is 35.4 Å². The van der Waals surface area contributed by atoms with Crippen molar-refractivity contribution in [3.63, 3.8) is 0 Å². The summed E-state index contributed by atoms with van der Waals surface area (Å²) in [6, 6.07) is 14.8. The third kappa shape index (κ3) is 4.44. The number of sulfonamides is 1. The lowest BCUT2D eigenvalue weighted by Gasteiger charge is -2.34. The maximum Gasteiger partial charge on any atom is 0.261 e. The number of carbonyl (C=O) groups is 1. The maximum atomic E-state index is 13.3. The molecule has 1 amide bonds. The molecule has 1 fully saturated rings. The molecule has 4 aromatic rings. The van der Waals surface area contributed by atoms with Crippen LogP contribution in [0.2, 0.25) is 0 Å². The highest BCUT2D eigenvalue weighted by molar-refractivity contribution is 7.92. The number of pyridine rings is 1. The van der Waals surface area contributed by atoms with Crippen molar-refractivity contribution < 1.29 is 17.6 Å². The molecule has 11 heteroatoms. The Hall–Kier alpha value is -3.57. The van der Waals surface area contributed by atoms with Crippen LogP contribution in [0.15, 0.2) is 71.8 Å². The normalized spacial score (nSPS) is 14.4. The van der Waals surface area contributed by atoms with Crippen LogP contribution in [0.3, 0.4) is 0 Å². The van der Waals surface area contributed by atoms with Crippen LogP contribution in [0, 0.1) is 5.82 Å². The minimum atomic E-state index is -3.98. The van der Waals surface area contributed by atoms with Gasteiger partial charge in [-0.3, -0.25) is 9.52 Å². The number of anilines is 2. The number of nitrogens with zero attached hydrogens (tertiary/aromatic N) is 4. The number of benzene rings is 2. The highest BCUT2D eigenvalue weighted by Gasteiger charge is 2.26. The predicted molar refractivity (Wildman–Crippen MR) is 129 cm³/mol. The van der Waals surface area contributed by atoms with Crippen molar-refractivity contribution in [3.8, 4) is 0 Å². The zero-order valence-electron chi connectivity index (χ0n) is 17.9. The average Bonchev–Trinajstić information content (AvgIpc) is 3.29. The Morgan fingerprint density at radius 1 is 0.971 bits per heavy atom. The van der Waals surface area contributed by atoms with Crippen LogP contribution in [0.25, 0.3) is 10.3 Å². The van der Waals surface area contributed by atoms with Gasteiger partial charge >= 0.3 is 0 Å². The highest BCUT2D eigenvalue weighted by atomic mass is 32.2. The van der Waals surface area contributed by atoms with Gasteiger partial charge in [-0.1, -0.05) is 23.5 Å². The fourth-order valence-corrected chi connectivity index (χ4v) is 5.78. The van der Waals surface area contributed by atoms with E-state index < -0.39 is 15.8 Å². The molecule has 0 radical (unpaired) electrons. The number of nitrogens with one attached hydrogen (secondary N) is 1. The van der Waals surface area contributed by atoms with E-state index >= 15 is 0 Å². The first-order valence-electron chi connectivity index (χ1n) is 10.5. The summed E-state index contributed by atoms with van der Waals surface area (Å²) >= 11 is 1.52. The standard InChI is InChI=1S/C23H20FN5O3S2/c24-16-7-9-17(10-8-16)34(31,32)27-19-5-2-1-4-18(19)22(30)28-12-14-29(15-13-28)23-26-20-6-3-11-25-21(20)33-23/h1-11,27H,12-15H2. The molecule has 0 unspecified atom stereocenters. The van der Waals surface area contributed by atoms with Gasteiger partial charge in [0.15, 0.2) is 5.13 Å². The van der Waals surface area contributed by atoms with E-state index in [2.05, 4.69) is 19.6 Å². The summed E-state index contributed by atoms with van der Waals surface area (Å²) in [5.41, 5.74) is 1.28. The zero-order chi connectivity index (χ0) is 23.7. The molecule has 2 aromatic heterocycles. The van der Waals surface area contributed by atoms with E-state index in [1.165, 1.54) is 23.5 Å². The SMILES string of the molecule is O=C(c1ccccc1NS(=O)(=O)c1ccc(F)cc1)N1CCN(c2nc3cccnc3s2)CC1. The van der Waals surface area contributed by atoms with Gasteiger partial charge in [-0.05, 0) is 48.5 Å². The summed E-state index contributed by atoms with van der Waals surface area (Å²) in [5, 5.41) is 0.869. The second-order valence-corrected chi connectivity index (χ2v) is 10.3. The molecule has 1 saturated heterocycles. The van der Waals surface area contributed by atoms with Crippen LogP contribution >= 0.6 is 11.3 Å². The summed E-state index contributed by atoms with van der Waals surface area (Å²) in [5.74, 6) is -0.793. The molecule has 5 rings (SSSR count). The topological polar surface area (TPSA) is 95.5 Å².